The van der Waals surface area contributed by atoms with Crippen molar-refractivity contribution in [2.45, 2.75) is 6.54 Å². The van der Waals surface area contributed by atoms with E-state index in [-0.39, 0.29) is 30.6 Å². The van der Waals surface area contributed by atoms with Crippen LogP contribution in [0.2, 0.25) is 0 Å². The van der Waals surface area contributed by atoms with Gasteiger partial charge in [-0.2, -0.15) is 0 Å². The summed E-state index contributed by atoms with van der Waals surface area (Å²) in [5, 5.41) is 3.36. The second-order valence-corrected chi connectivity index (χ2v) is 5.38. The molecule has 0 atom stereocenters. The van der Waals surface area contributed by atoms with Crippen molar-refractivity contribution in [1.82, 2.24) is 10.2 Å². The van der Waals surface area contributed by atoms with E-state index in [0.29, 0.717) is 17.9 Å². The van der Waals surface area contributed by atoms with E-state index < -0.39 is 0 Å². The normalized spacial score (nSPS) is 14.7. The second kappa shape index (κ2) is 10.7. The van der Waals surface area contributed by atoms with Crippen LogP contribution in [0.3, 0.4) is 0 Å². The summed E-state index contributed by atoms with van der Waals surface area (Å²) in [5.74, 6) is 1.13. The van der Waals surface area contributed by atoms with Crippen molar-refractivity contribution in [2.24, 2.45) is 0 Å². The van der Waals surface area contributed by atoms with Crippen LogP contribution in [0.15, 0.2) is 40.8 Å². The molecule has 1 aromatic heterocycles. The largest absolute Gasteiger partial charge is 1.00 e. The maximum Gasteiger partial charge on any atom is 0.137 e. The number of ether oxygens (including phenoxy) is 1. The van der Waals surface area contributed by atoms with Gasteiger partial charge in [-0.25, -0.2) is 4.39 Å². The molecule has 0 aliphatic carbocycles. The molecular formula is C17H21Cl2FN2O2-2. The first-order valence-electron chi connectivity index (χ1n) is 7.67. The van der Waals surface area contributed by atoms with E-state index in [1.807, 2.05) is 12.1 Å². The Morgan fingerprint density at radius 2 is 1.79 bits per heavy atom. The minimum Gasteiger partial charge on any atom is -1.00 e. The maximum absolute atomic E-state index is 13.7. The fourth-order valence-electron chi connectivity index (χ4n) is 2.55. The van der Waals surface area contributed by atoms with Crippen molar-refractivity contribution in [2.75, 3.05) is 39.4 Å². The molecule has 1 aromatic carbocycles. The molecule has 1 aliphatic heterocycles. The number of benzene rings is 1. The number of nitrogens with zero attached hydrogens (tertiary/aromatic N) is 1. The van der Waals surface area contributed by atoms with Crippen LogP contribution in [0.25, 0.3) is 11.3 Å². The zero-order valence-corrected chi connectivity index (χ0v) is 14.8. The van der Waals surface area contributed by atoms with Crippen molar-refractivity contribution in [3.05, 3.63) is 48.0 Å². The summed E-state index contributed by atoms with van der Waals surface area (Å²) in [4.78, 5) is 2.38. The van der Waals surface area contributed by atoms with Gasteiger partial charge in [0.05, 0.1) is 25.3 Å². The van der Waals surface area contributed by atoms with Gasteiger partial charge in [0.2, 0.25) is 0 Å². The lowest BCUT2D eigenvalue weighted by Crippen LogP contribution is -3.00. The van der Waals surface area contributed by atoms with Crippen molar-refractivity contribution >= 4 is 0 Å². The highest BCUT2D eigenvalue weighted by atomic mass is 35.5. The summed E-state index contributed by atoms with van der Waals surface area (Å²) in [6.45, 7) is 6.20. The van der Waals surface area contributed by atoms with Gasteiger partial charge in [-0.1, -0.05) is 12.1 Å². The molecule has 0 radical (unpaired) electrons. The second-order valence-electron chi connectivity index (χ2n) is 5.38. The molecule has 2 heterocycles. The fraction of sp³-hybridized carbons (Fsp3) is 0.412. The predicted octanol–water partition coefficient (Wildman–Crippen LogP) is -3.48. The Morgan fingerprint density at radius 3 is 2.54 bits per heavy atom. The smallest absolute Gasteiger partial charge is 0.137 e. The van der Waals surface area contributed by atoms with E-state index in [4.69, 9.17) is 9.15 Å². The Kier molecular flexibility index (Phi) is 9.33. The van der Waals surface area contributed by atoms with Crippen LogP contribution < -0.4 is 30.1 Å². The van der Waals surface area contributed by atoms with Gasteiger partial charge in [0.1, 0.15) is 17.3 Å². The fourth-order valence-corrected chi connectivity index (χ4v) is 2.55. The highest BCUT2D eigenvalue weighted by molar-refractivity contribution is 5.58. The Bertz CT molecular complexity index is 604. The molecule has 0 bridgehead atoms. The quantitative estimate of drug-likeness (QED) is 0.533. The zero-order valence-electron chi connectivity index (χ0n) is 13.3. The summed E-state index contributed by atoms with van der Waals surface area (Å²) in [5.41, 5.74) is 0.502. The van der Waals surface area contributed by atoms with Gasteiger partial charge in [0.15, 0.2) is 0 Å². The standard InChI is InChI=1S/C17H21FN2O2.2ClH/c18-16-4-2-1-3-15(16)17-6-5-14(22-17)13-19-7-8-20-9-11-21-12-10-20;;/h1-6,19H,7-13H2;2*1H/p-2. The van der Waals surface area contributed by atoms with Crippen LogP contribution in [-0.2, 0) is 11.3 Å². The van der Waals surface area contributed by atoms with Gasteiger partial charge in [-0.05, 0) is 24.3 Å². The highest BCUT2D eigenvalue weighted by Crippen LogP contribution is 2.24. The number of hydrogen-bond acceptors (Lipinski definition) is 4. The zero-order chi connectivity index (χ0) is 15.2. The van der Waals surface area contributed by atoms with E-state index >= 15 is 0 Å². The topological polar surface area (TPSA) is 37.6 Å². The first-order chi connectivity index (χ1) is 10.8. The summed E-state index contributed by atoms with van der Waals surface area (Å²) in [6.07, 6.45) is 0. The number of furan rings is 1. The number of hydrogen-bond donors (Lipinski definition) is 1. The van der Waals surface area contributed by atoms with Gasteiger partial charge in [0, 0.05) is 26.2 Å². The highest BCUT2D eigenvalue weighted by Gasteiger charge is 2.10. The third-order valence-electron chi connectivity index (χ3n) is 3.81. The molecule has 1 fully saturated rings. The monoisotopic (exact) mass is 374 g/mol. The Morgan fingerprint density at radius 1 is 1.04 bits per heavy atom. The molecule has 1 saturated heterocycles. The minimum atomic E-state index is -0.260. The van der Waals surface area contributed by atoms with Gasteiger partial charge >= 0.3 is 0 Å². The van der Waals surface area contributed by atoms with Gasteiger partial charge in [-0.3, -0.25) is 4.90 Å². The molecule has 0 saturated carbocycles. The Hall–Kier alpha value is -1.11. The number of halogens is 3. The maximum atomic E-state index is 13.7. The molecule has 3 rings (SSSR count). The van der Waals surface area contributed by atoms with Crippen molar-refractivity contribution in [1.29, 1.82) is 0 Å². The number of morpholine rings is 1. The predicted molar refractivity (Wildman–Crippen MR) is 83.1 cm³/mol. The van der Waals surface area contributed by atoms with Crippen molar-refractivity contribution < 1.29 is 38.4 Å². The Balaban J connectivity index is 0.00000144. The molecule has 24 heavy (non-hydrogen) atoms. The molecule has 0 unspecified atom stereocenters. The molecule has 0 spiro atoms. The lowest BCUT2D eigenvalue weighted by atomic mass is 10.1. The van der Waals surface area contributed by atoms with E-state index in [0.717, 1.165) is 45.2 Å². The van der Waals surface area contributed by atoms with Crippen LogP contribution in [0.4, 0.5) is 4.39 Å². The lowest BCUT2D eigenvalue weighted by Gasteiger charge is -2.26. The van der Waals surface area contributed by atoms with Gasteiger partial charge in [-0.15, -0.1) is 0 Å². The van der Waals surface area contributed by atoms with Crippen molar-refractivity contribution in [3.8, 4) is 11.3 Å². The SMILES string of the molecule is Fc1ccccc1-c1ccc(CNCCN2CCOCC2)o1.[Cl-].[Cl-]. The van der Waals surface area contributed by atoms with Crippen LogP contribution in [0.1, 0.15) is 5.76 Å². The van der Waals surface area contributed by atoms with Crippen LogP contribution in [0, 0.1) is 5.82 Å². The van der Waals surface area contributed by atoms with E-state index in [9.17, 15) is 4.39 Å². The van der Waals surface area contributed by atoms with Gasteiger partial charge < -0.3 is 39.3 Å². The lowest BCUT2D eigenvalue weighted by molar-refractivity contribution is -0.00100. The first kappa shape index (κ1) is 20.9. The molecule has 2 aromatic rings. The molecule has 1 N–H and O–H groups in total. The number of nitrogens with one attached hydrogen (secondary N) is 1. The third-order valence-corrected chi connectivity index (χ3v) is 3.81. The minimum absolute atomic E-state index is 0. The third kappa shape index (κ3) is 5.76. The summed E-state index contributed by atoms with van der Waals surface area (Å²) in [6, 6.07) is 10.4. The van der Waals surface area contributed by atoms with Crippen LogP contribution in [0.5, 0.6) is 0 Å². The molecule has 134 valence electrons. The molecule has 7 heteroatoms. The molecular weight excluding hydrogens is 354 g/mol. The van der Waals surface area contributed by atoms with E-state index in [2.05, 4.69) is 10.2 Å². The van der Waals surface area contributed by atoms with Crippen LogP contribution in [-0.4, -0.2) is 44.3 Å². The first-order valence-corrected chi connectivity index (χ1v) is 7.67. The summed E-state index contributed by atoms with van der Waals surface area (Å²) in [7, 11) is 0. The van der Waals surface area contributed by atoms with Gasteiger partial charge in [0.25, 0.3) is 0 Å². The molecule has 4 nitrogen and oxygen atoms in total. The van der Waals surface area contributed by atoms with Crippen LogP contribution >= 0.6 is 0 Å². The average molecular weight is 375 g/mol. The van der Waals surface area contributed by atoms with E-state index in [1.54, 1.807) is 18.2 Å². The average Bonchev–Trinajstić information content (AvgIpc) is 3.02. The molecule has 0 amide bonds. The summed E-state index contributed by atoms with van der Waals surface area (Å²) < 4.78 is 24.7. The number of rotatable bonds is 6. The van der Waals surface area contributed by atoms with Crippen molar-refractivity contribution in [3.63, 3.8) is 0 Å². The molecule has 1 aliphatic rings. The Labute approximate surface area is 154 Å². The summed E-state index contributed by atoms with van der Waals surface area (Å²) >= 11 is 0. The van der Waals surface area contributed by atoms with E-state index in [1.165, 1.54) is 6.07 Å².